The van der Waals surface area contributed by atoms with Gasteiger partial charge in [0.05, 0.1) is 12.1 Å². The Hall–Kier alpha value is -3.26. The molecule has 0 fully saturated rings. The molecule has 1 aromatic heterocycles. The standard InChI is InChI=1S/C20H16ClF2NO5/c1-26-16-4-2-3-5-17(16)27-11-13-7-9-18(28-13)19(25)24-12-6-8-15(14(21)10-12)29-20(22)23/h2-10,20H,11H2,1H3,(H,24,25). The SMILES string of the molecule is COc1ccccc1OCc1ccc(C(=O)Nc2ccc(OC(F)F)c(Cl)c2)o1. The predicted molar refractivity (Wildman–Crippen MR) is 102 cm³/mol. The minimum atomic E-state index is -2.99. The molecule has 0 radical (unpaired) electrons. The molecule has 0 bridgehead atoms. The van der Waals surface area contributed by atoms with Gasteiger partial charge in [0.2, 0.25) is 0 Å². The summed E-state index contributed by atoms with van der Waals surface area (Å²) in [5.74, 6) is 0.874. The van der Waals surface area contributed by atoms with E-state index in [9.17, 15) is 13.6 Å². The van der Waals surface area contributed by atoms with Gasteiger partial charge in [0.15, 0.2) is 17.3 Å². The molecule has 0 spiro atoms. The van der Waals surface area contributed by atoms with Gasteiger partial charge in [0.1, 0.15) is 18.1 Å². The lowest BCUT2D eigenvalue weighted by Crippen LogP contribution is -2.11. The Labute approximate surface area is 169 Å². The molecule has 0 aliphatic heterocycles. The molecule has 0 saturated carbocycles. The number of ether oxygens (including phenoxy) is 3. The van der Waals surface area contributed by atoms with Crippen LogP contribution in [0.2, 0.25) is 5.02 Å². The van der Waals surface area contributed by atoms with Gasteiger partial charge >= 0.3 is 6.61 Å². The van der Waals surface area contributed by atoms with Gasteiger partial charge < -0.3 is 23.9 Å². The van der Waals surface area contributed by atoms with Crippen LogP contribution >= 0.6 is 11.6 Å². The molecule has 0 aliphatic rings. The summed E-state index contributed by atoms with van der Waals surface area (Å²) < 4.78 is 45.1. The number of alkyl halides is 2. The van der Waals surface area contributed by atoms with E-state index < -0.39 is 12.5 Å². The van der Waals surface area contributed by atoms with Gasteiger partial charge in [-0.25, -0.2) is 0 Å². The Balaban J connectivity index is 1.61. The van der Waals surface area contributed by atoms with Crippen molar-refractivity contribution in [3.8, 4) is 17.2 Å². The topological polar surface area (TPSA) is 69.9 Å². The van der Waals surface area contributed by atoms with Crippen molar-refractivity contribution >= 4 is 23.2 Å². The van der Waals surface area contributed by atoms with Crippen LogP contribution < -0.4 is 19.5 Å². The second-order valence-corrected chi connectivity index (χ2v) is 6.09. The maximum Gasteiger partial charge on any atom is 0.387 e. The van der Waals surface area contributed by atoms with Crippen molar-refractivity contribution in [1.82, 2.24) is 0 Å². The van der Waals surface area contributed by atoms with Gasteiger partial charge in [-0.15, -0.1) is 0 Å². The molecule has 0 aliphatic carbocycles. The maximum absolute atomic E-state index is 12.3. The largest absolute Gasteiger partial charge is 0.493 e. The highest BCUT2D eigenvalue weighted by molar-refractivity contribution is 6.32. The highest BCUT2D eigenvalue weighted by Gasteiger charge is 2.14. The number of carbonyl (C=O) groups excluding carboxylic acids is 1. The summed E-state index contributed by atoms with van der Waals surface area (Å²) in [4.78, 5) is 12.3. The average molecular weight is 424 g/mol. The van der Waals surface area contributed by atoms with E-state index in [0.717, 1.165) is 0 Å². The molecule has 1 N–H and O–H groups in total. The zero-order chi connectivity index (χ0) is 20.8. The van der Waals surface area contributed by atoms with E-state index in [0.29, 0.717) is 22.9 Å². The number of halogens is 3. The summed E-state index contributed by atoms with van der Waals surface area (Å²) in [6, 6.07) is 14.2. The summed E-state index contributed by atoms with van der Waals surface area (Å²) in [6.07, 6.45) is 0. The number of para-hydroxylation sites is 2. The van der Waals surface area contributed by atoms with Crippen molar-refractivity contribution in [2.75, 3.05) is 12.4 Å². The van der Waals surface area contributed by atoms with E-state index >= 15 is 0 Å². The van der Waals surface area contributed by atoms with Crippen LogP contribution in [-0.2, 0) is 6.61 Å². The molecule has 2 aromatic carbocycles. The third-order valence-electron chi connectivity index (χ3n) is 3.73. The van der Waals surface area contributed by atoms with Crippen LogP contribution in [0.25, 0.3) is 0 Å². The lowest BCUT2D eigenvalue weighted by atomic mass is 10.3. The van der Waals surface area contributed by atoms with Crippen LogP contribution in [0.15, 0.2) is 59.0 Å². The zero-order valence-electron chi connectivity index (χ0n) is 15.2. The molecule has 29 heavy (non-hydrogen) atoms. The fraction of sp³-hybridized carbons (Fsp3) is 0.150. The molecule has 6 nitrogen and oxygen atoms in total. The van der Waals surface area contributed by atoms with E-state index in [-0.39, 0.29) is 23.1 Å². The summed E-state index contributed by atoms with van der Waals surface area (Å²) >= 11 is 5.87. The highest BCUT2D eigenvalue weighted by Crippen LogP contribution is 2.29. The molecule has 0 atom stereocenters. The number of hydrogen-bond acceptors (Lipinski definition) is 5. The van der Waals surface area contributed by atoms with Crippen molar-refractivity contribution < 1.29 is 32.2 Å². The summed E-state index contributed by atoms with van der Waals surface area (Å²) in [5, 5.41) is 2.50. The minimum absolute atomic E-state index is 0.0488. The van der Waals surface area contributed by atoms with Crippen LogP contribution in [0.5, 0.6) is 17.2 Å². The maximum atomic E-state index is 12.3. The second-order valence-electron chi connectivity index (χ2n) is 5.68. The molecule has 152 valence electrons. The number of rotatable bonds is 8. The van der Waals surface area contributed by atoms with Crippen LogP contribution in [-0.4, -0.2) is 19.6 Å². The smallest absolute Gasteiger partial charge is 0.387 e. The Morgan fingerprint density at radius 2 is 1.86 bits per heavy atom. The van der Waals surface area contributed by atoms with Gasteiger partial charge in [-0.2, -0.15) is 8.78 Å². The number of carbonyl (C=O) groups is 1. The molecular formula is C20H16ClF2NO5. The number of nitrogens with one attached hydrogen (secondary N) is 1. The lowest BCUT2D eigenvalue weighted by Gasteiger charge is -2.09. The minimum Gasteiger partial charge on any atom is -0.493 e. The van der Waals surface area contributed by atoms with Gasteiger partial charge in [-0.05, 0) is 42.5 Å². The van der Waals surface area contributed by atoms with Crippen molar-refractivity contribution in [3.63, 3.8) is 0 Å². The molecule has 9 heteroatoms. The van der Waals surface area contributed by atoms with E-state index in [1.165, 1.54) is 31.4 Å². The molecule has 0 unspecified atom stereocenters. The van der Waals surface area contributed by atoms with Gasteiger partial charge in [0, 0.05) is 5.69 Å². The van der Waals surface area contributed by atoms with Crippen LogP contribution in [0.4, 0.5) is 14.5 Å². The fourth-order valence-corrected chi connectivity index (χ4v) is 2.65. The van der Waals surface area contributed by atoms with Crippen LogP contribution in [0.1, 0.15) is 16.3 Å². The number of anilines is 1. The molecule has 1 heterocycles. The Morgan fingerprint density at radius 3 is 2.55 bits per heavy atom. The monoisotopic (exact) mass is 423 g/mol. The van der Waals surface area contributed by atoms with E-state index in [1.54, 1.807) is 18.2 Å². The molecule has 0 saturated heterocycles. The van der Waals surface area contributed by atoms with E-state index in [1.807, 2.05) is 12.1 Å². The second kappa shape index (κ2) is 9.29. The lowest BCUT2D eigenvalue weighted by molar-refractivity contribution is -0.0497. The molecular weight excluding hydrogens is 408 g/mol. The summed E-state index contributed by atoms with van der Waals surface area (Å²) in [7, 11) is 1.54. The fourth-order valence-electron chi connectivity index (χ4n) is 2.43. The first-order chi connectivity index (χ1) is 14.0. The molecule has 1 amide bonds. The highest BCUT2D eigenvalue weighted by atomic mass is 35.5. The summed E-state index contributed by atoms with van der Waals surface area (Å²) in [6.45, 7) is -2.90. The van der Waals surface area contributed by atoms with Crippen molar-refractivity contribution in [2.45, 2.75) is 13.2 Å². The number of hydrogen-bond donors (Lipinski definition) is 1. The Kier molecular flexibility index (Phi) is 6.56. The Bertz CT molecular complexity index is 993. The number of furan rings is 1. The Morgan fingerprint density at radius 1 is 1.10 bits per heavy atom. The number of methoxy groups -OCH3 is 1. The van der Waals surface area contributed by atoms with Crippen molar-refractivity contribution in [3.05, 3.63) is 71.1 Å². The van der Waals surface area contributed by atoms with Gasteiger partial charge in [-0.3, -0.25) is 4.79 Å². The number of benzene rings is 2. The first-order valence-electron chi connectivity index (χ1n) is 8.36. The predicted octanol–water partition coefficient (Wildman–Crippen LogP) is 5.37. The normalized spacial score (nSPS) is 10.7. The summed E-state index contributed by atoms with van der Waals surface area (Å²) in [5.41, 5.74) is 0.296. The third kappa shape index (κ3) is 5.39. The zero-order valence-corrected chi connectivity index (χ0v) is 15.9. The molecule has 3 rings (SSSR count). The first kappa shape index (κ1) is 20.5. The van der Waals surface area contributed by atoms with Gasteiger partial charge in [0.25, 0.3) is 5.91 Å². The van der Waals surface area contributed by atoms with Gasteiger partial charge in [-0.1, -0.05) is 23.7 Å². The number of amides is 1. The van der Waals surface area contributed by atoms with Crippen LogP contribution in [0, 0.1) is 0 Å². The van der Waals surface area contributed by atoms with Crippen LogP contribution in [0.3, 0.4) is 0 Å². The van der Waals surface area contributed by atoms with Crippen molar-refractivity contribution in [2.24, 2.45) is 0 Å². The first-order valence-corrected chi connectivity index (χ1v) is 8.74. The van der Waals surface area contributed by atoms with E-state index in [4.69, 9.17) is 25.5 Å². The molecule has 3 aromatic rings. The average Bonchev–Trinajstić information content (AvgIpc) is 3.17. The van der Waals surface area contributed by atoms with E-state index in [2.05, 4.69) is 10.1 Å². The van der Waals surface area contributed by atoms with Crippen molar-refractivity contribution in [1.29, 1.82) is 0 Å². The third-order valence-corrected chi connectivity index (χ3v) is 4.03. The quantitative estimate of drug-likeness (QED) is 0.527.